The number of rotatable bonds is 3. The van der Waals surface area contributed by atoms with Gasteiger partial charge in [0.2, 0.25) is 0 Å². The number of halogens is 3. The first-order valence-electron chi connectivity index (χ1n) is 11.9. The van der Waals surface area contributed by atoms with Gasteiger partial charge in [-0.2, -0.15) is 0 Å². The maximum Gasteiger partial charge on any atom is 0.139 e. The molecular formula is C26H39BrCl2N4O2. The number of methoxy groups -OCH3 is 2. The Balaban J connectivity index is 0.000000204. The second kappa shape index (κ2) is 15.1. The minimum Gasteiger partial charge on any atom is -0.495 e. The molecule has 0 radical (unpaired) electrons. The van der Waals surface area contributed by atoms with Gasteiger partial charge >= 0.3 is 0 Å². The summed E-state index contributed by atoms with van der Waals surface area (Å²) in [5.74, 6) is 1.43. The summed E-state index contributed by atoms with van der Waals surface area (Å²) in [5, 5.41) is 11.5. The van der Waals surface area contributed by atoms with E-state index in [1.54, 1.807) is 20.3 Å². The molecule has 2 saturated heterocycles. The number of hydrogen-bond donors (Lipinski definition) is 3. The molecule has 2 fully saturated rings. The standard InChI is InChI=1S/C13H19ClN2O.C7H6BrClO.C6H14N2/c1-9-8-16(10(2)7-15-9)11-4-5-12(14)13(6-11)17-3;1-10-7-4-5(8)2-3-6(7)9;1-5-3-8-6(2)4-7-5/h4-6,9-10,15H,7-8H2,1-3H3;2-4H,1H3;5-8H,3-4H2,1-2H3/t9-,10+;;5-,6+/m0../s1. The van der Waals surface area contributed by atoms with E-state index in [2.05, 4.69) is 70.5 Å². The molecule has 2 aliphatic rings. The fourth-order valence-electron chi connectivity index (χ4n) is 3.74. The van der Waals surface area contributed by atoms with Crippen LogP contribution in [0.3, 0.4) is 0 Å². The highest BCUT2D eigenvalue weighted by Gasteiger charge is 2.23. The predicted molar refractivity (Wildman–Crippen MR) is 153 cm³/mol. The number of benzene rings is 2. The summed E-state index contributed by atoms with van der Waals surface area (Å²) < 4.78 is 11.2. The maximum atomic E-state index is 6.04. The highest BCUT2D eigenvalue weighted by molar-refractivity contribution is 9.10. The zero-order valence-electron chi connectivity index (χ0n) is 21.5. The molecule has 4 atom stereocenters. The van der Waals surface area contributed by atoms with Crippen molar-refractivity contribution in [3.05, 3.63) is 50.9 Å². The third-order valence-electron chi connectivity index (χ3n) is 5.89. The van der Waals surface area contributed by atoms with E-state index in [1.807, 2.05) is 24.3 Å². The average Bonchev–Trinajstić information content (AvgIpc) is 2.85. The monoisotopic (exact) mass is 588 g/mol. The minimum atomic E-state index is 0.483. The molecule has 196 valence electrons. The summed E-state index contributed by atoms with van der Waals surface area (Å²) in [5.41, 5.74) is 1.17. The van der Waals surface area contributed by atoms with Crippen molar-refractivity contribution in [2.75, 3.05) is 45.3 Å². The van der Waals surface area contributed by atoms with Crippen LogP contribution in [-0.4, -0.2) is 64.6 Å². The Labute approximate surface area is 229 Å². The molecule has 2 aromatic rings. The number of nitrogens with zero attached hydrogens (tertiary/aromatic N) is 1. The topological polar surface area (TPSA) is 57.8 Å². The highest BCUT2D eigenvalue weighted by atomic mass is 79.9. The van der Waals surface area contributed by atoms with Crippen molar-refractivity contribution < 1.29 is 9.47 Å². The second-order valence-corrected chi connectivity index (χ2v) is 10.8. The van der Waals surface area contributed by atoms with Crippen molar-refractivity contribution in [1.82, 2.24) is 16.0 Å². The van der Waals surface area contributed by atoms with Crippen LogP contribution >= 0.6 is 39.1 Å². The van der Waals surface area contributed by atoms with E-state index < -0.39 is 0 Å². The molecule has 35 heavy (non-hydrogen) atoms. The Hall–Kier alpha value is -1.22. The molecule has 0 aliphatic carbocycles. The van der Waals surface area contributed by atoms with E-state index in [9.17, 15) is 0 Å². The van der Waals surface area contributed by atoms with Crippen molar-refractivity contribution >= 4 is 44.8 Å². The van der Waals surface area contributed by atoms with Gasteiger partial charge in [0, 0.05) is 66.6 Å². The van der Waals surface area contributed by atoms with Crippen LogP contribution in [0.1, 0.15) is 27.7 Å². The van der Waals surface area contributed by atoms with Crippen LogP contribution in [-0.2, 0) is 0 Å². The summed E-state index contributed by atoms with van der Waals surface area (Å²) in [4.78, 5) is 2.39. The molecule has 2 aliphatic heterocycles. The third kappa shape index (κ3) is 9.98. The van der Waals surface area contributed by atoms with E-state index in [1.165, 1.54) is 5.69 Å². The Kier molecular flexibility index (Phi) is 13.0. The largest absolute Gasteiger partial charge is 0.495 e. The van der Waals surface area contributed by atoms with Crippen LogP contribution in [0.5, 0.6) is 11.5 Å². The van der Waals surface area contributed by atoms with Gasteiger partial charge in [0.25, 0.3) is 0 Å². The lowest BCUT2D eigenvalue weighted by Crippen LogP contribution is -2.54. The average molecular weight is 590 g/mol. The first kappa shape index (κ1) is 30.0. The van der Waals surface area contributed by atoms with Crippen LogP contribution in [0.4, 0.5) is 5.69 Å². The molecule has 0 unspecified atom stereocenters. The first-order chi connectivity index (χ1) is 16.6. The minimum absolute atomic E-state index is 0.483. The zero-order valence-corrected chi connectivity index (χ0v) is 24.6. The molecule has 0 aromatic heterocycles. The van der Waals surface area contributed by atoms with Crippen LogP contribution in [0.25, 0.3) is 0 Å². The number of hydrogen-bond acceptors (Lipinski definition) is 6. The SMILES string of the molecule is COc1cc(Br)ccc1Cl.COc1cc(N2C[C@H](C)NC[C@H]2C)ccc1Cl.C[C@@H]1CN[C@@H](C)CN1. The molecule has 6 nitrogen and oxygen atoms in total. The van der Waals surface area contributed by atoms with E-state index in [-0.39, 0.29) is 0 Å². The summed E-state index contributed by atoms with van der Waals surface area (Å²) in [6, 6.07) is 13.7. The van der Waals surface area contributed by atoms with Crippen molar-refractivity contribution in [1.29, 1.82) is 0 Å². The summed E-state index contributed by atoms with van der Waals surface area (Å²) in [6.07, 6.45) is 0. The molecule has 9 heteroatoms. The number of ether oxygens (including phenoxy) is 2. The predicted octanol–water partition coefficient (Wildman–Crippen LogP) is 5.60. The van der Waals surface area contributed by atoms with Gasteiger partial charge in [-0.3, -0.25) is 0 Å². The second-order valence-electron chi connectivity index (χ2n) is 9.03. The number of piperazine rings is 2. The normalized spacial score (nSPS) is 23.9. The van der Waals surface area contributed by atoms with E-state index in [0.29, 0.717) is 40.0 Å². The molecule has 2 heterocycles. The van der Waals surface area contributed by atoms with Crippen molar-refractivity contribution in [3.63, 3.8) is 0 Å². The summed E-state index contributed by atoms with van der Waals surface area (Å²) in [6.45, 7) is 13.0. The van der Waals surface area contributed by atoms with Crippen LogP contribution in [0.15, 0.2) is 40.9 Å². The number of anilines is 1. The first-order valence-corrected chi connectivity index (χ1v) is 13.5. The van der Waals surface area contributed by atoms with Gasteiger partial charge in [0.05, 0.1) is 24.3 Å². The molecule has 0 bridgehead atoms. The molecular weight excluding hydrogens is 551 g/mol. The fourth-order valence-corrected chi connectivity index (χ4v) is 4.47. The molecule has 0 spiro atoms. The highest BCUT2D eigenvalue weighted by Crippen LogP contribution is 2.31. The van der Waals surface area contributed by atoms with Crippen molar-refractivity contribution in [2.45, 2.75) is 51.9 Å². The van der Waals surface area contributed by atoms with Gasteiger partial charge < -0.3 is 30.3 Å². The van der Waals surface area contributed by atoms with Gasteiger partial charge in [-0.15, -0.1) is 0 Å². The quantitative estimate of drug-likeness (QED) is 0.433. The Morgan fingerprint density at radius 1 is 0.771 bits per heavy atom. The molecule has 2 aromatic carbocycles. The molecule has 4 rings (SSSR count). The van der Waals surface area contributed by atoms with Crippen LogP contribution in [0.2, 0.25) is 10.0 Å². The summed E-state index contributed by atoms with van der Waals surface area (Å²) >= 11 is 15.1. The van der Waals surface area contributed by atoms with Crippen LogP contribution in [0, 0.1) is 0 Å². The zero-order chi connectivity index (χ0) is 26.0. The lowest BCUT2D eigenvalue weighted by Gasteiger charge is -2.39. The molecule has 0 amide bonds. The third-order valence-corrected chi connectivity index (χ3v) is 7.01. The lowest BCUT2D eigenvalue weighted by atomic mass is 10.1. The van der Waals surface area contributed by atoms with Gasteiger partial charge in [0.1, 0.15) is 11.5 Å². The van der Waals surface area contributed by atoms with Gasteiger partial charge in [0.15, 0.2) is 0 Å². The van der Waals surface area contributed by atoms with E-state index in [4.69, 9.17) is 32.7 Å². The fraction of sp³-hybridized carbons (Fsp3) is 0.538. The van der Waals surface area contributed by atoms with Gasteiger partial charge in [-0.05, 0) is 58.0 Å². The lowest BCUT2D eigenvalue weighted by molar-refractivity contribution is 0.376. The summed E-state index contributed by atoms with van der Waals surface area (Å²) in [7, 11) is 3.24. The van der Waals surface area contributed by atoms with Crippen molar-refractivity contribution in [2.24, 2.45) is 0 Å². The smallest absolute Gasteiger partial charge is 0.139 e. The van der Waals surface area contributed by atoms with E-state index >= 15 is 0 Å². The van der Waals surface area contributed by atoms with Crippen LogP contribution < -0.4 is 30.3 Å². The Morgan fingerprint density at radius 3 is 1.80 bits per heavy atom. The number of nitrogens with one attached hydrogen (secondary N) is 3. The van der Waals surface area contributed by atoms with Crippen molar-refractivity contribution in [3.8, 4) is 11.5 Å². The Morgan fingerprint density at radius 2 is 1.29 bits per heavy atom. The van der Waals surface area contributed by atoms with Gasteiger partial charge in [-0.1, -0.05) is 39.1 Å². The maximum absolute atomic E-state index is 6.04. The van der Waals surface area contributed by atoms with Gasteiger partial charge in [-0.25, -0.2) is 0 Å². The van der Waals surface area contributed by atoms with E-state index in [0.717, 1.165) is 36.4 Å². The molecule has 3 N–H and O–H groups in total. The Bertz CT molecular complexity index is 903. The molecule has 0 saturated carbocycles.